The Labute approximate surface area is 210 Å². The van der Waals surface area contributed by atoms with Crippen molar-refractivity contribution in [2.45, 2.75) is 36.6 Å². The van der Waals surface area contributed by atoms with Crippen LogP contribution in [0.3, 0.4) is 0 Å². The van der Waals surface area contributed by atoms with Gasteiger partial charge in [0.2, 0.25) is 5.91 Å². The summed E-state index contributed by atoms with van der Waals surface area (Å²) in [5.74, 6) is -2.84. The summed E-state index contributed by atoms with van der Waals surface area (Å²) >= 11 is 0. The highest BCUT2D eigenvalue weighted by Crippen LogP contribution is 2.65. The van der Waals surface area contributed by atoms with Crippen molar-refractivity contribution in [3.63, 3.8) is 0 Å². The number of rotatable bonds is 8. The molecule has 1 atom stereocenters. The number of fused-ring (bicyclic) bond motifs is 1. The number of halogens is 2. The summed E-state index contributed by atoms with van der Waals surface area (Å²) in [6, 6.07) is 6.34. The van der Waals surface area contributed by atoms with Crippen LogP contribution >= 0.6 is 9.16 Å². The summed E-state index contributed by atoms with van der Waals surface area (Å²) in [6.45, 7) is 0.234. The van der Waals surface area contributed by atoms with Gasteiger partial charge in [-0.05, 0) is 73.3 Å². The molecule has 1 heterocycles. The number of hydrogen-bond donors (Lipinski definition) is 3. The molecule has 0 radical (unpaired) electrons. The molecule has 198 valence electrons. The summed E-state index contributed by atoms with van der Waals surface area (Å²) in [5.41, 5.74) is 1.36. The third kappa shape index (κ3) is 6.16. The second kappa shape index (κ2) is 10.1. The average molecular weight is 525 g/mol. The Balaban J connectivity index is 1.95. The van der Waals surface area contributed by atoms with Crippen molar-refractivity contribution in [2.75, 3.05) is 44.0 Å². The molecule has 0 aliphatic carbocycles. The van der Waals surface area contributed by atoms with Crippen LogP contribution in [0, 0.1) is 11.6 Å². The molecule has 1 aliphatic rings. The van der Waals surface area contributed by atoms with Gasteiger partial charge in [-0.1, -0.05) is 6.07 Å². The minimum atomic E-state index is -2.77. The number of nitrogens with one attached hydrogen (secondary N) is 1. The van der Waals surface area contributed by atoms with Gasteiger partial charge in [-0.2, -0.15) is 0 Å². The summed E-state index contributed by atoms with van der Waals surface area (Å²) in [7, 11) is -1.24. The van der Waals surface area contributed by atoms with E-state index in [1.807, 2.05) is 25.0 Å². The number of ether oxygens (including phenoxy) is 1. The van der Waals surface area contributed by atoms with Gasteiger partial charge in [-0.3, -0.25) is 23.5 Å². The number of amides is 2. The highest BCUT2D eigenvalue weighted by atomic mass is 32.3. The Morgan fingerprint density at radius 1 is 1.08 bits per heavy atom. The summed E-state index contributed by atoms with van der Waals surface area (Å²) < 4.78 is 35.3. The molecule has 0 spiro atoms. The van der Waals surface area contributed by atoms with Crippen LogP contribution in [-0.2, 0) is 20.8 Å². The molecule has 0 aromatic heterocycles. The Morgan fingerprint density at radius 2 is 1.72 bits per heavy atom. The van der Waals surface area contributed by atoms with E-state index in [0.29, 0.717) is 17.7 Å². The maximum atomic E-state index is 15.0. The van der Waals surface area contributed by atoms with Crippen molar-refractivity contribution >= 4 is 32.6 Å². The number of aliphatic carboxylic acids is 1. The Morgan fingerprint density at radius 3 is 2.28 bits per heavy atom. The van der Waals surface area contributed by atoms with Gasteiger partial charge in [-0.15, -0.1) is 0 Å². The van der Waals surface area contributed by atoms with Crippen LogP contribution in [-0.4, -0.2) is 66.5 Å². The van der Waals surface area contributed by atoms with Gasteiger partial charge in [0.15, 0.2) is 0 Å². The number of methoxy groups -OCH3 is 1. The maximum Gasteiger partial charge on any atom is 0.303 e. The molecule has 2 aromatic rings. The van der Waals surface area contributed by atoms with E-state index in [4.69, 9.17) is 9.84 Å². The van der Waals surface area contributed by atoms with Gasteiger partial charge in [-0.25, -0.2) is 8.78 Å². The van der Waals surface area contributed by atoms with E-state index >= 15 is 0 Å². The minimum Gasteiger partial charge on any atom is -0.497 e. The largest absolute Gasteiger partial charge is 0.497 e. The molecule has 0 bridgehead atoms. The van der Waals surface area contributed by atoms with E-state index in [9.17, 15) is 23.2 Å². The average Bonchev–Trinajstić information content (AvgIpc) is 2.75. The molecule has 1 aliphatic heterocycles. The van der Waals surface area contributed by atoms with Crippen molar-refractivity contribution < 1.29 is 33.0 Å². The van der Waals surface area contributed by atoms with E-state index in [1.165, 1.54) is 12.0 Å². The predicted octanol–water partition coefficient (Wildman–Crippen LogP) is 4.24. The van der Waals surface area contributed by atoms with Gasteiger partial charge in [0.1, 0.15) is 23.4 Å². The van der Waals surface area contributed by atoms with E-state index in [-0.39, 0.29) is 42.3 Å². The number of carbonyl (C=O) groups is 3. The predicted molar refractivity (Wildman–Crippen MR) is 139 cm³/mol. The lowest BCUT2D eigenvalue weighted by Crippen LogP contribution is -2.45. The monoisotopic (exact) mass is 524 g/mol. The molecule has 0 saturated heterocycles. The van der Waals surface area contributed by atoms with Gasteiger partial charge in [0.05, 0.1) is 7.11 Å². The lowest BCUT2D eigenvalue weighted by atomic mass is 9.91. The molecule has 3 rings (SSSR count). The lowest BCUT2D eigenvalue weighted by molar-refractivity contribution is -0.140. The van der Waals surface area contributed by atoms with E-state index < -0.39 is 38.7 Å². The summed E-state index contributed by atoms with van der Waals surface area (Å²) in [6.07, 6.45) is 7.78. The Kier molecular flexibility index (Phi) is 7.69. The maximum absolute atomic E-state index is 15.0. The van der Waals surface area contributed by atoms with Crippen molar-refractivity contribution in [2.24, 2.45) is 0 Å². The van der Waals surface area contributed by atoms with Crippen molar-refractivity contribution in [1.82, 2.24) is 4.90 Å². The molecule has 7 nitrogen and oxygen atoms in total. The first kappa shape index (κ1) is 27.4. The highest BCUT2D eigenvalue weighted by molar-refractivity contribution is 8.47. The molecule has 0 unspecified atom stereocenters. The SMILES string of the molecule is COc1ccc2c(c1)CCN(C(=O)CCCC(=O)O)[C@H]2C(=O)Nc1cc(F)c([SH](C)(C)(C)C)c(F)c1. The summed E-state index contributed by atoms with van der Waals surface area (Å²) in [5, 5.41) is 11.5. The van der Waals surface area contributed by atoms with Gasteiger partial charge >= 0.3 is 5.97 Å². The number of benzene rings is 2. The number of thiol groups is 1. The van der Waals surface area contributed by atoms with E-state index in [2.05, 4.69) is 5.32 Å². The molecule has 2 aromatic carbocycles. The first-order valence-corrected chi connectivity index (χ1v) is 15.7. The zero-order valence-electron chi connectivity index (χ0n) is 21.2. The number of nitrogens with zero attached hydrogens (tertiary/aromatic N) is 1. The summed E-state index contributed by atoms with van der Waals surface area (Å²) in [4.78, 5) is 38.8. The van der Waals surface area contributed by atoms with Crippen LogP contribution in [0.25, 0.3) is 0 Å². The first-order chi connectivity index (χ1) is 16.7. The van der Waals surface area contributed by atoms with Crippen LogP contribution in [0.15, 0.2) is 35.2 Å². The second-order valence-electron chi connectivity index (χ2n) is 10.9. The number of carbonyl (C=O) groups excluding carboxylic acids is 2. The fourth-order valence-electron chi connectivity index (χ4n) is 4.52. The topological polar surface area (TPSA) is 95.9 Å². The lowest BCUT2D eigenvalue weighted by Gasteiger charge is -2.47. The minimum absolute atomic E-state index is 0.0318. The van der Waals surface area contributed by atoms with Crippen LogP contribution in [0.5, 0.6) is 5.75 Å². The molecule has 36 heavy (non-hydrogen) atoms. The smallest absolute Gasteiger partial charge is 0.303 e. The molecule has 2 amide bonds. The van der Waals surface area contributed by atoms with Crippen LogP contribution < -0.4 is 10.1 Å². The number of hydrogen-bond acceptors (Lipinski definition) is 4. The zero-order chi connectivity index (χ0) is 26.9. The fourth-order valence-corrected chi connectivity index (χ4v) is 6.36. The van der Waals surface area contributed by atoms with Gasteiger partial charge in [0, 0.05) is 30.0 Å². The standard InChI is InChI=1S/C26H34F2N2O5S/c1-35-18-9-10-19-16(13-18)11-12-30(22(31)7-6-8-23(32)33)24(19)26(34)29-17-14-20(27)25(21(28)15-17)36(2,3,4)5/h9-10,13-15,24,36H,6-8,11-12H2,1-5H3,(H,29,34)(H,32,33)/t24-/m1/s1. The molecule has 2 N–H and O–H groups in total. The van der Waals surface area contributed by atoms with Crippen molar-refractivity contribution in [3.05, 3.63) is 53.1 Å². The quantitative estimate of drug-likeness (QED) is 0.449. The number of carboxylic acids is 1. The third-order valence-corrected chi connectivity index (χ3v) is 8.32. The highest BCUT2D eigenvalue weighted by Gasteiger charge is 2.36. The number of anilines is 1. The normalized spacial score (nSPS) is 16.5. The molecular formula is C26H34F2N2O5S. The van der Waals surface area contributed by atoms with Crippen molar-refractivity contribution in [3.8, 4) is 5.75 Å². The molecule has 0 fully saturated rings. The Bertz CT molecular complexity index is 1180. The van der Waals surface area contributed by atoms with Crippen LogP contribution in [0.2, 0.25) is 0 Å². The van der Waals surface area contributed by atoms with Gasteiger partial charge in [0.25, 0.3) is 5.91 Å². The van der Waals surface area contributed by atoms with Crippen LogP contribution in [0.1, 0.15) is 36.4 Å². The molecule has 10 heteroatoms. The van der Waals surface area contributed by atoms with E-state index in [1.54, 1.807) is 18.2 Å². The van der Waals surface area contributed by atoms with Gasteiger partial charge < -0.3 is 20.1 Å². The van der Waals surface area contributed by atoms with E-state index in [0.717, 1.165) is 17.7 Å². The second-order valence-corrected chi connectivity index (χ2v) is 18.5. The fraction of sp³-hybridized carbons (Fsp3) is 0.423. The van der Waals surface area contributed by atoms with Crippen LogP contribution in [0.4, 0.5) is 14.5 Å². The zero-order valence-corrected chi connectivity index (χ0v) is 22.1. The van der Waals surface area contributed by atoms with Crippen molar-refractivity contribution in [1.29, 1.82) is 0 Å². The molecular weight excluding hydrogens is 490 g/mol. The third-order valence-electron chi connectivity index (χ3n) is 6.11. The number of carboxylic acid groups (broad SMARTS) is 1. The Hall–Kier alpha value is -3.14. The first-order valence-electron chi connectivity index (χ1n) is 11.7. The molecule has 0 saturated carbocycles.